The molecule has 162 valence electrons. The Bertz CT molecular complexity index is 1390. The lowest BCUT2D eigenvalue weighted by Crippen LogP contribution is -2.22. The van der Waals surface area contributed by atoms with Gasteiger partial charge in [-0.25, -0.2) is 4.99 Å². The molecule has 1 amide bonds. The molecule has 0 fully saturated rings. The molecule has 1 aliphatic heterocycles. The average molecular weight is 489 g/mol. The molecule has 0 bridgehead atoms. The first kappa shape index (κ1) is 21.8. The number of hydrogen-bond donors (Lipinski definition) is 1. The molecule has 6 heteroatoms. The zero-order valence-electron chi connectivity index (χ0n) is 17.4. The minimum Gasteiger partial charge on any atom is -0.348 e. The molecule has 4 aromatic carbocycles. The Morgan fingerprint density at radius 3 is 2.45 bits per heavy atom. The molecule has 3 nitrogen and oxygen atoms in total. The normalized spacial score (nSPS) is 12.2. The van der Waals surface area contributed by atoms with Gasteiger partial charge in [0.15, 0.2) is 0 Å². The maximum Gasteiger partial charge on any atom is 0.251 e. The number of benzene rings is 4. The van der Waals surface area contributed by atoms with E-state index < -0.39 is 0 Å². The highest BCUT2D eigenvalue weighted by molar-refractivity contribution is 7.99. The summed E-state index contributed by atoms with van der Waals surface area (Å²) >= 11 is 13.9. The summed E-state index contributed by atoms with van der Waals surface area (Å²) in [6, 6.07) is 29.2. The van der Waals surface area contributed by atoms with Gasteiger partial charge in [-0.05, 0) is 42.0 Å². The van der Waals surface area contributed by atoms with E-state index in [0.717, 1.165) is 37.9 Å². The van der Waals surface area contributed by atoms with Crippen molar-refractivity contribution in [2.75, 3.05) is 0 Å². The van der Waals surface area contributed by atoms with Crippen molar-refractivity contribution >= 4 is 52.3 Å². The third-order valence-electron chi connectivity index (χ3n) is 5.32. The zero-order valence-corrected chi connectivity index (χ0v) is 19.7. The van der Waals surface area contributed by atoms with Crippen LogP contribution in [0.3, 0.4) is 0 Å². The summed E-state index contributed by atoms with van der Waals surface area (Å²) in [6.45, 7) is 0.310. The van der Waals surface area contributed by atoms with Crippen molar-refractivity contribution < 1.29 is 4.79 Å². The fourth-order valence-corrected chi connectivity index (χ4v) is 5.12. The van der Waals surface area contributed by atoms with E-state index in [1.165, 1.54) is 0 Å². The predicted octanol–water partition coefficient (Wildman–Crippen LogP) is 7.56. The van der Waals surface area contributed by atoms with Gasteiger partial charge in [0, 0.05) is 43.1 Å². The van der Waals surface area contributed by atoms with E-state index in [0.29, 0.717) is 22.2 Å². The molecule has 5 rings (SSSR count). The highest BCUT2D eigenvalue weighted by Crippen LogP contribution is 2.41. The summed E-state index contributed by atoms with van der Waals surface area (Å²) in [6.07, 6.45) is 0. The summed E-state index contributed by atoms with van der Waals surface area (Å²) in [5, 5.41) is 4.02. The van der Waals surface area contributed by atoms with E-state index in [-0.39, 0.29) is 5.91 Å². The van der Waals surface area contributed by atoms with E-state index in [1.807, 2.05) is 54.6 Å². The monoisotopic (exact) mass is 488 g/mol. The Morgan fingerprint density at radius 1 is 0.848 bits per heavy atom. The highest BCUT2D eigenvalue weighted by Gasteiger charge is 2.20. The Morgan fingerprint density at radius 2 is 1.64 bits per heavy atom. The zero-order chi connectivity index (χ0) is 22.8. The van der Waals surface area contributed by atoms with Crippen LogP contribution in [0.2, 0.25) is 10.0 Å². The molecule has 0 aliphatic carbocycles. The molecule has 0 saturated carbocycles. The van der Waals surface area contributed by atoms with Crippen LogP contribution in [-0.2, 0) is 6.54 Å². The number of aliphatic imine (C=N–C) groups is 1. The Balaban J connectivity index is 1.48. The summed E-state index contributed by atoms with van der Waals surface area (Å²) in [5.74, 6) is -0.188. The molecular weight excluding hydrogens is 471 g/mol. The summed E-state index contributed by atoms with van der Waals surface area (Å²) < 4.78 is 0. The fourth-order valence-electron chi connectivity index (χ4n) is 3.64. The molecule has 1 N–H and O–H groups in total. The maximum atomic E-state index is 12.9. The second kappa shape index (κ2) is 9.44. The number of halogens is 2. The predicted molar refractivity (Wildman–Crippen MR) is 136 cm³/mol. The van der Waals surface area contributed by atoms with Crippen LogP contribution < -0.4 is 5.32 Å². The number of nitrogens with one attached hydrogen (secondary N) is 1. The SMILES string of the molecule is O=C(NCc1ccc(Cl)cc1Cl)c1ccc2c(c1)N=C(c1ccccc1)c1ccccc1S2. The molecule has 1 aliphatic rings. The van der Waals surface area contributed by atoms with Crippen molar-refractivity contribution in [1.82, 2.24) is 5.32 Å². The van der Waals surface area contributed by atoms with Crippen LogP contribution in [0.15, 0.2) is 106 Å². The minimum atomic E-state index is -0.188. The van der Waals surface area contributed by atoms with Crippen molar-refractivity contribution in [2.45, 2.75) is 16.3 Å². The van der Waals surface area contributed by atoms with Crippen LogP contribution in [0.1, 0.15) is 27.0 Å². The number of rotatable bonds is 4. The van der Waals surface area contributed by atoms with Crippen molar-refractivity contribution in [3.8, 4) is 0 Å². The second-order valence-corrected chi connectivity index (χ2v) is 9.45. The topological polar surface area (TPSA) is 41.5 Å². The summed E-state index contributed by atoms with van der Waals surface area (Å²) in [7, 11) is 0. The van der Waals surface area contributed by atoms with Crippen molar-refractivity contribution in [1.29, 1.82) is 0 Å². The van der Waals surface area contributed by atoms with Gasteiger partial charge in [-0.15, -0.1) is 0 Å². The minimum absolute atomic E-state index is 0.188. The van der Waals surface area contributed by atoms with Crippen LogP contribution in [0, 0.1) is 0 Å². The van der Waals surface area contributed by atoms with Crippen LogP contribution in [-0.4, -0.2) is 11.6 Å². The fraction of sp³-hybridized carbons (Fsp3) is 0.0370. The molecule has 0 radical (unpaired) electrons. The number of nitrogens with zero attached hydrogens (tertiary/aromatic N) is 1. The van der Waals surface area contributed by atoms with Gasteiger partial charge in [0.2, 0.25) is 0 Å². The van der Waals surface area contributed by atoms with E-state index >= 15 is 0 Å². The van der Waals surface area contributed by atoms with Crippen LogP contribution >= 0.6 is 35.0 Å². The molecule has 0 atom stereocenters. The summed E-state index contributed by atoms with van der Waals surface area (Å²) in [4.78, 5) is 20.1. The van der Waals surface area contributed by atoms with Gasteiger partial charge in [-0.1, -0.05) is 89.6 Å². The van der Waals surface area contributed by atoms with Crippen molar-refractivity contribution in [3.05, 3.63) is 123 Å². The largest absolute Gasteiger partial charge is 0.348 e. The van der Waals surface area contributed by atoms with Crippen LogP contribution in [0.4, 0.5) is 5.69 Å². The lowest BCUT2D eigenvalue weighted by atomic mass is 10.0. The Hall–Kier alpha value is -3.05. The van der Waals surface area contributed by atoms with Gasteiger partial charge < -0.3 is 5.32 Å². The molecule has 0 saturated heterocycles. The third kappa shape index (κ3) is 4.69. The van der Waals surface area contributed by atoms with Gasteiger partial charge in [0.25, 0.3) is 5.91 Å². The highest BCUT2D eigenvalue weighted by atomic mass is 35.5. The first-order chi connectivity index (χ1) is 16.1. The smallest absolute Gasteiger partial charge is 0.251 e. The molecule has 0 unspecified atom stereocenters. The third-order valence-corrected chi connectivity index (χ3v) is 7.05. The first-order valence-electron chi connectivity index (χ1n) is 10.4. The average Bonchev–Trinajstić information content (AvgIpc) is 3.00. The van der Waals surface area contributed by atoms with Gasteiger partial charge in [-0.2, -0.15) is 0 Å². The van der Waals surface area contributed by atoms with Gasteiger partial charge >= 0.3 is 0 Å². The maximum absolute atomic E-state index is 12.9. The first-order valence-corrected chi connectivity index (χ1v) is 11.9. The number of carbonyl (C=O) groups is 1. The summed E-state index contributed by atoms with van der Waals surface area (Å²) in [5.41, 5.74) is 5.12. The van der Waals surface area contributed by atoms with Gasteiger partial charge in [-0.3, -0.25) is 4.79 Å². The lowest BCUT2D eigenvalue weighted by Gasteiger charge is -2.09. The number of fused-ring (bicyclic) bond motifs is 2. The molecular formula is C27H18Cl2N2OS. The van der Waals surface area contributed by atoms with E-state index in [9.17, 15) is 4.79 Å². The number of amides is 1. The molecule has 33 heavy (non-hydrogen) atoms. The second-order valence-electron chi connectivity index (χ2n) is 7.53. The number of carbonyl (C=O) groups excluding carboxylic acids is 1. The van der Waals surface area contributed by atoms with Crippen molar-refractivity contribution in [2.24, 2.45) is 4.99 Å². The van der Waals surface area contributed by atoms with Crippen molar-refractivity contribution in [3.63, 3.8) is 0 Å². The number of hydrogen-bond acceptors (Lipinski definition) is 3. The van der Waals surface area contributed by atoms with E-state index in [4.69, 9.17) is 28.2 Å². The van der Waals surface area contributed by atoms with E-state index in [1.54, 1.807) is 23.9 Å². The van der Waals surface area contributed by atoms with Crippen LogP contribution in [0.25, 0.3) is 0 Å². The molecule has 0 aromatic heterocycles. The van der Waals surface area contributed by atoms with Gasteiger partial charge in [0.1, 0.15) is 0 Å². The lowest BCUT2D eigenvalue weighted by molar-refractivity contribution is 0.0951. The van der Waals surface area contributed by atoms with Crippen LogP contribution in [0.5, 0.6) is 0 Å². The Kier molecular flexibility index (Phi) is 6.23. The molecule has 4 aromatic rings. The Labute approximate surface area is 206 Å². The quantitative estimate of drug-likeness (QED) is 0.283. The standard InChI is InChI=1S/C27H18Cl2N2OS/c28-20-12-10-19(22(29)15-20)16-30-27(32)18-11-13-25-23(14-18)31-26(17-6-2-1-3-7-17)21-8-4-5-9-24(21)33-25/h1-15H,16H2,(H,30,32). The van der Waals surface area contributed by atoms with Gasteiger partial charge in [0.05, 0.1) is 11.4 Å². The molecule has 1 heterocycles. The van der Waals surface area contributed by atoms with E-state index in [2.05, 4.69) is 29.6 Å². The molecule has 0 spiro atoms.